The monoisotopic (exact) mass is 462 g/mol. The lowest BCUT2D eigenvalue weighted by atomic mass is 10.0. The van der Waals surface area contributed by atoms with Crippen LogP contribution in [0.3, 0.4) is 0 Å². The first kappa shape index (κ1) is 21.4. The summed E-state index contributed by atoms with van der Waals surface area (Å²) in [5, 5.41) is 0.930. The summed E-state index contributed by atoms with van der Waals surface area (Å²) in [5.74, 6) is -0.165. The molecule has 31 heavy (non-hydrogen) atoms. The Hall–Kier alpha value is -2.85. The number of hydrogen-bond donors (Lipinski definition) is 0. The Kier molecular flexibility index (Phi) is 6.57. The Balaban J connectivity index is 1.54. The van der Waals surface area contributed by atoms with E-state index in [1.807, 2.05) is 48.5 Å². The van der Waals surface area contributed by atoms with Crippen LogP contribution in [0.4, 0.5) is 0 Å². The molecular formula is C26H16Cl2O2S. The molecule has 152 valence electrons. The molecular weight excluding hydrogens is 447 g/mol. The number of benzene rings is 4. The molecule has 0 aromatic heterocycles. The van der Waals surface area contributed by atoms with E-state index in [9.17, 15) is 9.59 Å². The van der Waals surface area contributed by atoms with Gasteiger partial charge in [-0.15, -0.1) is 0 Å². The van der Waals surface area contributed by atoms with Crippen molar-refractivity contribution in [3.05, 3.63) is 129 Å². The standard InChI is InChI=1S/C26H16Cl2O2S/c27-21-15-19(25(29)17-7-3-1-4-8-17)11-13-23(21)31-24-14-12-20(16-22(24)28)26(30)18-9-5-2-6-10-18/h1-16H. The van der Waals surface area contributed by atoms with E-state index in [0.29, 0.717) is 32.3 Å². The molecule has 0 spiro atoms. The van der Waals surface area contributed by atoms with Crippen LogP contribution < -0.4 is 0 Å². The number of halogens is 2. The summed E-state index contributed by atoms with van der Waals surface area (Å²) >= 11 is 14.3. The number of carbonyl (C=O) groups excluding carboxylic acids is 2. The average molecular weight is 463 g/mol. The van der Waals surface area contributed by atoms with Gasteiger partial charge in [0, 0.05) is 32.0 Å². The number of carbonyl (C=O) groups is 2. The van der Waals surface area contributed by atoms with Crippen molar-refractivity contribution >= 4 is 46.5 Å². The Morgan fingerprint density at radius 3 is 1.26 bits per heavy atom. The SMILES string of the molecule is O=C(c1ccccc1)c1ccc(Sc2ccc(C(=O)c3ccccc3)cc2Cl)c(Cl)c1. The maximum Gasteiger partial charge on any atom is 0.193 e. The lowest BCUT2D eigenvalue weighted by Crippen LogP contribution is -2.01. The Bertz CT molecular complexity index is 1160. The van der Waals surface area contributed by atoms with Crippen molar-refractivity contribution in [3.8, 4) is 0 Å². The molecule has 4 aromatic rings. The molecule has 4 aromatic carbocycles. The molecule has 0 heterocycles. The summed E-state index contributed by atoms with van der Waals surface area (Å²) in [7, 11) is 0. The fourth-order valence-electron chi connectivity index (χ4n) is 3.08. The van der Waals surface area contributed by atoms with Gasteiger partial charge in [-0.3, -0.25) is 9.59 Å². The maximum atomic E-state index is 12.6. The van der Waals surface area contributed by atoms with Crippen molar-refractivity contribution in [1.29, 1.82) is 0 Å². The first-order valence-electron chi connectivity index (χ1n) is 9.49. The molecule has 0 aliphatic rings. The second-order valence-corrected chi connectivity index (χ2v) is 8.68. The van der Waals surface area contributed by atoms with Gasteiger partial charge in [0.2, 0.25) is 0 Å². The van der Waals surface area contributed by atoms with Gasteiger partial charge in [0.1, 0.15) is 0 Å². The second kappa shape index (κ2) is 9.52. The highest BCUT2D eigenvalue weighted by Gasteiger charge is 2.14. The molecule has 4 rings (SSSR count). The van der Waals surface area contributed by atoms with E-state index in [4.69, 9.17) is 23.2 Å². The van der Waals surface area contributed by atoms with Gasteiger partial charge in [-0.1, -0.05) is 95.6 Å². The molecule has 0 bridgehead atoms. The third kappa shape index (κ3) is 4.91. The van der Waals surface area contributed by atoms with Crippen LogP contribution in [0.1, 0.15) is 31.8 Å². The lowest BCUT2D eigenvalue weighted by molar-refractivity contribution is 0.103. The number of rotatable bonds is 6. The van der Waals surface area contributed by atoms with Crippen molar-refractivity contribution in [3.63, 3.8) is 0 Å². The van der Waals surface area contributed by atoms with E-state index >= 15 is 0 Å². The molecule has 5 heteroatoms. The van der Waals surface area contributed by atoms with E-state index in [1.54, 1.807) is 48.5 Å². The molecule has 0 saturated heterocycles. The van der Waals surface area contributed by atoms with Crippen molar-refractivity contribution in [1.82, 2.24) is 0 Å². The lowest BCUT2D eigenvalue weighted by Gasteiger charge is -2.09. The van der Waals surface area contributed by atoms with Crippen molar-refractivity contribution < 1.29 is 9.59 Å². The Morgan fingerprint density at radius 2 is 0.903 bits per heavy atom. The molecule has 0 atom stereocenters. The zero-order chi connectivity index (χ0) is 21.8. The van der Waals surface area contributed by atoms with Crippen molar-refractivity contribution in [2.75, 3.05) is 0 Å². The van der Waals surface area contributed by atoms with Crippen LogP contribution in [0.2, 0.25) is 10.0 Å². The van der Waals surface area contributed by atoms with Gasteiger partial charge in [0.25, 0.3) is 0 Å². The molecule has 0 aliphatic heterocycles. The van der Waals surface area contributed by atoms with Gasteiger partial charge in [0.15, 0.2) is 11.6 Å². The smallest absolute Gasteiger partial charge is 0.193 e. The minimum Gasteiger partial charge on any atom is -0.289 e. The van der Waals surface area contributed by atoms with Crippen molar-refractivity contribution in [2.45, 2.75) is 9.79 Å². The topological polar surface area (TPSA) is 34.1 Å². The second-order valence-electron chi connectivity index (χ2n) is 6.78. The van der Waals surface area contributed by atoms with E-state index in [-0.39, 0.29) is 11.6 Å². The van der Waals surface area contributed by atoms with E-state index in [1.165, 1.54) is 11.8 Å². The fraction of sp³-hybridized carbons (Fsp3) is 0. The molecule has 0 amide bonds. The van der Waals surface area contributed by atoms with Gasteiger partial charge in [-0.05, 0) is 36.4 Å². The molecule has 0 unspecified atom stereocenters. The van der Waals surface area contributed by atoms with Crippen LogP contribution in [0.5, 0.6) is 0 Å². The normalized spacial score (nSPS) is 10.6. The van der Waals surface area contributed by atoms with E-state index < -0.39 is 0 Å². The molecule has 0 radical (unpaired) electrons. The summed E-state index contributed by atoms with van der Waals surface area (Å²) < 4.78 is 0. The molecule has 2 nitrogen and oxygen atoms in total. The van der Waals surface area contributed by atoms with Gasteiger partial charge >= 0.3 is 0 Å². The first-order chi connectivity index (χ1) is 15.0. The predicted molar refractivity (Wildman–Crippen MR) is 127 cm³/mol. The highest BCUT2D eigenvalue weighted by Crippen LogP contribution is 2.38. The number of hydrogen-bond acceptors (Lipinski definition) is 3. The van der Waals surface area contributed by atoms with Crippen LogP contribution >= 0.6 is 35.0 Å². The minimum atomic E-state index is -0.0825. The highest BCUT2D eigenvalue weighted by molar-refractivity contribution is 7.99. The van der Waals surface area contributed by atoms with Crippen LogP contribution in [-0.4, -0.2) is 11.6 Å². The van der Waals surface area contributed by atoms with Crippen LogP contribution in [0, 0.1) is 0 Å². The van der Waals surface area contributed by atoms with Crippen molar-refractivity contribution in [2.24, 2.45) is 0 Å². The van der Waals surface area contributed by atoms with Gasteiger partial charge in [-0.2, -0.15) is 0 Å². The van der Waals surface area contributed by atoms with Gasteiger partial charge in [-0.25, -0.2) is 0 Å². The Labute approximate surface area is 194 Å². The zero-order valence-electron chi connectivity index (χ0n) is 16.2. The maximum absolute atomic E-state index is 12.6. The third-order valence-corrected chi connectivity index (χ3v) is 6.68. The minimum absolute atomic E-state index is 0.0825. The van der Waals surface area contributed by atoms with Crippen LogP contribution in [-0.2, 0) is 0 Å². The third-order valence-electron chi connectivity index (χ3n) is 4.68. The van der Waals surface area contributed by atoms with Crippen LogP contribution in [0.25, 0.3) is 0 Å². The largest absolute Gasteiger partial charge is 0.289 e. The first-order valence-corrected chi connectivity index (χ1v) is 11.1. The molecule has 0 N–H and O–H groups in total. The predicted octanol–water partition coefficient (Wildman–Crippen LogP) is 7.61. The van der Waals surface area contributed by atoms with Gasteiger partial charge in [0.05, 0.1) is 10.0 Å². The summed E-state index contributed by atoms with van der Waals surface area (Å²) in [4.78, 5) is 26.8. The molecule has 0 saturated carbocycles. The van der Waals surface area contributed by atoms with Gasteiger partial charge < -0.3 is 0 Å². The Morgan fingerprint density at radius 1 is 0.516 bits per heavy atom. The van der Waals surface area contributed by atoms with E-state index in [0.717, 1.165) is 9.79 Å². The summed E-state index contributed by atoms with van der Waals surface area (Å²) in [6.45, 7) is 0. The summed E-state index contributed by atoms with van der Waals surface area (Å²) in [6.07, 6.45) is 0. The quantitative estimate of drug-likeness (QED) is 0.276. The van der Waals surface area contributed by atoms with E-state index in [2.05, 4.69) is 0 Å². The fourth-order valence-corrected chi connectivity index (χ4v) is 4.50. The molecule has 0 aliphatic carbocycles. The zero-order valence-corrected chi connectivity index (χ0v) is 18.5. The van der Waals surface area contributed by atoms with Crippen LogP contribution in [0.15, 0.2) is 107 Å². The number of ketones is 2. The summed E-state index contributed by atoms with van der Waals surface area (Å²) in [5.41, 5.74) is 2.27. The highest BCUT2D eigenvalue weighted by atomic mass is 35.5. The molecule has 0 fully saturated rings. The summed E-state index contributed by atoms with van der Waals surface area (Å²) in [6, 6.07) is 28.6. The average Bonchev–Trinajstić information content (AvgIpc) is 2.81.